The summed E-state index contributed by atoms with van der Waals surface area (Å²) in [5, 5.41) is 7.69. The zero-order chi connectivity index (χ0) is 24.0. The van der Waals surface area contributed by atoms with Crippen molar-refractivity contribution in [2.45, 2.75) is 46.6 Å². The van der Waals surface area contributed by atoms with Gasteiger partial charge in [-0.25, -0.2) is 0 Å². The Bertz CT molecular complexity index is 1090. The number of rotatable bonds is 9. The van der Waals surface area contributed by atoms with Crippen molar-refractivity contribution in [1.82, 2.24) is 9.78 Å². The lowest BCUT2D eigenvalue weighted by molar-refractivity contribution is -0.147. The summed E-state index contributed by atoms with van der Waals surface area (Å²) in [7, 11) is 1.88. The van der Waals surface area contributed by atoms with Crippen molar-refractivity contribution in [3.05, 3.63) is 71.5 Å². The number of aryl methyl sites for hydroxylation is 2. The van der Waals surface area contributed by atoms with Gasteiger partial charge in [0, 0.05) is 42.3 Å². The van der Waals surface area contributed by atoms with Gasteiger partial charge in [-0.1, -0.05) is 18.2 Å². The lowest BCUT2D eigenvalue weighted by atomic mass is 10.1. The fourth-order valence-corrected chi connectivity index (χ4v) is 3.81. The Hall–Kier alpha value is -3.61. The first-order valence-corrected chi connectivity index (χ1v) is 11.1. The zero-order valence-electron chi connectivity index (χ0n) is 20.0. The molecular weight excluding hydrogens is 416 g/mol. The minimum atomic E-state index is -0.392. The van der Waals surface area contributed by atoms with Crippen molar-refractivity contribution < 1.29 is 14.3 Å². The second kappa shape index (κ2) is 10.8. The number of anilines is 3. The fourth-order valence-electron chi connectivity index (χ4n) is 3.81. The lowest BCUT2D eigenvalue weighted by Crippen LogP contribution is -2.39. The smallest absolute Gasteiger partial charge is 0.306 e. The number of para-hydroxylation sites is 1. The van der Waals surface area contributed by atoms with Gasteiger partial charge in [-0.3, -0.25) is 14.3 Å². The molecule has 1 amide bonds. The molecule has 7 heteroatoms. The first-order valence-electron chi connectivity index (χ1n) is 11.1. The third kappa shape index (κ3) is 6.22. The molecule has 1 heterocycles. The number of esters is 1. The topological polar surface area (TPSA) is 76.5 Å². The number of carbonyl (C=O) groups is 2. The molecule has 0 unspecified atom stereocenters. The fraction of sp³-hybridized carbons (Fsp3) is 0.346. The molecule has 0 fully saturated rings. The molecule has 0 saturated heterocycles. The number of aromatic nitrogens is 2. The van der Waals surface area contributed by atoms with Crippen molar-refractivity contribution in [2.75, 3.05) is 16.8 Å². The number of amides is 1. The summed E-state index contributed by atoms with van der Waals surface area (Å²) in [6.07, 6.45) is 0.754. The van der Waals surface area contributed by atoms with Crippen LogP contribution >= 0.6 is 0 Å². The van der Waals surface area contributed by atoms with E-state index in [2.05, 4.69) is 10.4 Å². The van der Waals surface area contributed by atoms with Crippen molar-refractivity contribution in [3.63, 3.8) is 0 Å². The number of nitrogens with zero attached hydrogens (tertiary/aromatic N) is 3. The molecule has 3 rings (SSSR count). The minimum Gasteiger partial charge on any atom is -0.456 e. The van der Waals surface area contributed by atoms with Crippen LogP contribution in [0.25, 0.3) is 0 Å². The van der Waals surface area contributed by atoms with Crippen LogP contribution in [0.1, 0.15) is 37.2 Å². The van der Waals surface area contributed by atoms with Crippen LogP contribution in [0.2, 0.25) is 0 Å². The summed E-state index contributed by atoms with van der Waals surface area (Å²) in [5.41, 5.74) is 5.67. The predicted octanol–water partition coefficient (Wildman–Crippen LogP) is 4.70. The number of nitrogens with one attached hydrogen (secondary N) is 1. The third-order valence-electron chi connectivity index (χ3n) is 5.59. The van der Waals surface area contributed by atoms with E-state index in [0.717, 1.165) is 34.0 Å². The van der Waals surface area contributed by atoms with E-state index in [4.69, 9.17) is 4.74 Å². The maximum Gasteiger partial charge on any atom is 0.306 e. The molecule has 2 aromatic carbocycles. The number of carbonyl (C=O) groups excluding carboxylic acids is 2. The summed E-state index contributed by atoms with van der Waals surface area (Å²) in [6, 6.07) is 17.4. The highest BCUT2D eigenvalue weighted by atomic mass is 16.5. The van der Waals surface area contributed by atoms with Crippen molar-refractivity contribution in [1.29, 1.82) is 0 Å². The van der Waals surface area contributed by atoms with E-state index in [0.29, 0.717) is 6.42 Å². The lowest BCUT2D eigenvalue weighted by Gasteiger charge is -2.27. The van der Waals surface area contributed by atoms with E-state index < -0.39 is 5.97 Å². The molecule has 174 valence electrons. The molecule has 0 spiro atoms. The monoisotopic (exact) mass is 448 g/mol. The molecule has 0 aliphatic carbocycles. The highest BCUT2D eigenvalue weighted by molar-refractivity contribution is 5.95. The Morgan fingerprint density at radius 2 is 1.67 bits per heavy atom. The molecule has 0 saturated carbocycles. The standard InChI is InChI=1S/C26H32N4O3/c1-18(2)30(23-13-11-22(12-14-23)27-21-9-7-6-8-10-21)25(31)17-33-26(32)16-15-24-19(3)28-29(5)20(24)4/h6-14,18,27H,15-17H2,1-5H3. The predicted molar refractivity (Wildman–Crippen MR) is 131 cm³/mol. The quantitative estimate of drug-likeness (QED) is 0.480. The Balaban J connectivity index is 1.56. The van der Waals surface area contributed by atoms with Crippen LogP contribution in [-0.2, 0) is 27.8 Å². The minimum absolute atomic E-state index is 0.0789. The van der Waals surface area contributed by atoms with Gasteiger partial charge in [0.15, 0.2) is 6.61 Å². The van der Waals surface area contributed by atoms with Gasteiger partial charge in [-0.2, -0.15) is 5.10 Å². The van der Waals surface area contributed by atoms with Crippen LogP contribution in [0, 0.1) is 13.8 Å². The van der Waals surface area contributed by atoms with E-state index in [1.807, 2.05) is 89.3 Å². The van der Waals surface area contributed by atoms with Crippen LogP contribution in [-0.4, -0.2) is 34.3 Å². The molecule has 0 aliphatic rings. The summed E-state index contributed by atoms with van der Waals surface area (Å²) < 4.78 is 7.10. The van der Waals surface area contributed by atoms with Gasteiger partial charge < -0.3 is 15.0 Å². The summed E-state index contributed by atoms with van der Waals surface area (Å²) in [6.45, 7) is 7.49. The molecule has 3 aromatic rings. The number of ether oxygens (including phenoxy) is 1. The van der Waals surface area contributed by atoms with Gasteiger partial charge in [-0.05, 0) is 76.1 Å². The largest absolute Gasteiger partial charge is 0.456 e. The molecule has 0 radical (unpaired) electrons. The Kier molecular flexibility index (Phi) is 7.87. The molecule has 7 nitrogen and oxygen atoms in total. The maximum absolute atomic E-state index is 12.9. The average molecular weight is 449 g/mol. The van der Waals surface area contributed by atoms with Crippen LogP contribution in [0.5, 0.6) is 0 Å². The highest BCUT2D eigenvalue weighted by Crippen LogP contribution is 2.23. The van der Waals surface area contributed by atoms with Crippen LogP contribution in [0.4, 0.5) is 17.1 Å². The summed E-state index contributed by atoms with van der Waals surface area (Å²) in [5.74, 6) is -0.645. The second-order valence-electron chi connectivity index (χ2n) is 8.33. The van der Waals surface area contributed by atoms with Gasteiger partial charge in [0.25, 0.3) is 5.91 Å². The first-order chi connectivity index (χ1) is 15.8. The molecule has 1 N–H and O–H groups in total. The van der Waals surface area contributed by atoms with Crippen LogP contribution in [0.3, 0.4) is 0 Å². The maximum atomic E-state index is 12.9. The molecule has 33 heavy (non-hydrogen) atoms. The Labute approximate surface area is 195 Å². The van der Waals surface area contributed by atoms with Crippen molar-refractivity contribution in [3.8, 4) is 0 Å². The van der Waals surface area contributed by atoms with E-state index in [1.54, 1.807) is 9.58 Å². The third-order valence-corrected chi connectivity index (χ3v) is 5.59. The second-order valence-corrected chi connectivity index (χ2v) is 8.33. The van der Waals surface area contributed by atoms with Gasteiger partial charge >= 0.3 is 5.97 Å². The van der Waals surface area contributed by atoms with E-state index in [9.17, 15) is 9.59 Å². The highest BCUT2D eigenvalue weighted by Gasteiger charge is 2.21. The number of hydrogen-bond acceptors (Lipinski definition) is 5. The molecule has 0 bridgehead atoms. The zero-order valence-corrected chi connectivity index (χ0v) is 20.0. The van der Waals surface area contributed by atoms with Gasteiger partial charge in [0.2, 0.25) is 0 Å². The van der Waals surface area contributed by atoms with Crippen LogP contribution in [0.15, 0.2) is 54.6 Å². The first kappa shape index (κ1) is 24.0. The summed E-state index contributed by atoms with van der Waals surface area (Å²) in [4.78, 5) is 26.8. The van der Waals surface area contributed by atoms with Crippen LogP contribution < -0.4 is 10.2 Å². The normalized spacial score (nSPS) is 10.8. The number of hydrogen-bond donors (Lipinski definition) is 1. The molecule has 0 atom stereocenters. The van der Waals surface area contributed by atoms with Crippen molar-refractivity contribution in [2.24, 2.45) is 7.05 Å². The average Bonchev–Trinajstić information content (AvgIpc) is 3.03. The SMILES string of the molecule is Cc1nn(C)c(C)c1CCC(=O)OCC(=O)N(c1ccc(Nc2ccccc2)cc1)C(C)C. The van der Waals surface area contributed by atoms with Gasteiger partial charge in [-0.15, -0.1) is 0 Å². The summed E-state index contributed by atoms with van der Waals surface area (Å²) >= 11 is 0. The van der Waals surface area contributed by atoms with Crippen molar-refractivity contribution >= 4 is 28.9 Å². The van der Waals surface area contributed by atoms with E-state index >= 15 is 0 Å². The van der Waals surface area contributed by atoms with Gasteiger partial charge in [0.1, 0.15) is 0 Å². The molecule has 1 aromatic heterocycles. The van der Waals surface area contributed by atoms with Gasteiger partial charge in [0.05, 0.1) is 5.69 Å². The number of benzene rings is 2. The Morgan fingerprint density at radius 3 is 2.24 bits per heavy atom. The van der Waals surface area contributed by atoms with E-state index in [-0.39, 0.29) is 25.0 Å². The van der Waals surface area contributed by atoms with E-state index in [1.165, 1.54) is 0 Å². The Morgan fingerprint density at radius 1 is 1.03 bits per heavy atom. The molecular formula is C26H32N4O3. The molecule has 0 aliphatic heterocycles.